The van der Waals surface area contributed by atoms with Gasteiger partial charge < -0.3 is 5.73 Å². The molecule has 2 rings (SSSR count). The van der Waals surface area contributed by atoms with Crippen molar-refractivity contribution in [1.82, 2.24) is 4.98 Å². The summed E-state index contributed by atoms with van der Waals surface area (Å²) < 4.78 is 26.8. The summed E-state index contributed by atoms with van der Waals surface area (Å²) in [4.78, 5) is 5.71. The molecule has 0 radical (unpaired) electrons. The molecule has 0 saturated carbocycles. The monoisotopic (exact) mass is 283 g/mol. The molecule has 0 unspecified atom stereocenters. The van der Waals surface area contributed by atoms with Gasteiger partial charge in [-0.15, -0.1) is 11.3 Å². The molecule has 2 aromatic rings. The SMILES string of the molecule is Cc1sc(CN)cc1S(=O)(=O)Nc1cccnc1. The van der Waals surface area contributed by atoms with Gasteiger partial charge in [-0.25, -0.2) is 8.42 Å². The first kappa shape index (κ1) is 13.0. The Morgan fingerprint density at radius 3 is 2.83 bits per heavy atom. The lowest BCUT2D eigenvalue weighted by atomic mass is 10.4. The highest BCUT2D eigenvalue weighted by Gasteiger charge is 2.19. The van der Waals surface area contributed by atoms with Crippen molar-refractivity contribution in [3.05, 3.63) is 40.3 Å². The summed E-state index contributed by atoms with van der Waals surface area (Å²) in [6.45, 7) is 2.11. The molecule has 96 valence electrons. The van der Waals surface area contributed by atoms with Crippen LogP contribution in [0.5, 0.6) is 0 Å². The second kappa shape index (κ2) is 5.05. The molecule has 0 aliphatic heterocycles. The maximum Gasteiger partial charge on any atom is 0.263 e. The van der Waals surface area contributed by atoms with E-state index in [2.05, 4.69) is 9.71 Å². The third-order valence-corrected chi connectivity index (χ3v) is 5.04. The Morgan fingerprint density at radius 1 is 1.50 bits per heavy atom. The number of nitrogens with one attached hydrogen (secondary N) is 1. The van der Waals surface area contributed by atoms with E-state index >= 15 is 0 Å². The van der Waals surface area contributed by atoms with Gasteiger partial charge in [-0.1, -0.05) is 0 Å². The van der Waals surface area contributed by atoms with Crippen LogP contribution >= 0.6 is 11.3 Å². The zero-order chi connectivity index (χ0) is 13.2. The van der Waals surface area contributed by atoms with Crippen LogP contribution in [0.15, 0.2) is 35.5 Å². The first-order valence-corrected chi connectivity index (χ1v) is 7.55. The number of nitrogens with two attached hydrogens (primary N) is 1. The van der Waals surface area contributed by atoms with Crippen molar-refractivity contribution in [3.63, 3.8) is 0 Å². The number of anilines is 1. The number of hydrogen-bond acceptors (Lipinski definition) is 5. The van der Waals surface area contributed by atoms with E-state index in [-0.39, 0.29) is 4.90 Å². The quantitative estimate of drug-likeness (QED) is 0.894. The summed E-state index contributed by atoms with van der Waals surface area (Å²) in [6.07, 6.45) is 3.04. The smallest absolute Gasteiger partial charge is 0.263 e. The second-order valence-corrected chi connectivity index (χ2v) is 6.68. The molecule has 0 atom stereocenters. The predicted octanol–water partition coefficient (Wildman–Crippen LogP) is 1.71. The molecule has 7 heteroatoms. The molecule has 0 fully saturated rings. The van der Waals surface area contributed by atoms with Gasteiger partial charge >= 0.3 is 0 Å². The van der Waals surface area contributed by atoms with Crippen molar-refractivity contribution in [2.45, 2.75) is 18.4 Å². The second-order valence-electron chi connectivity index (χ2n) is 3.68. The van der Waals surface area contributed by atoms with Crippen molar-refractivity contribution < 1.29 is 8.42 Å². The Balaban J connectivity index is 2.34. The maximum atomic E-state index is 12.2. The lowest BCUT2D eigenvalue weighted by Gasteiger charge is -2.06. The van der Waals surface area contributed by atoms with Crippen molar-refractivity contribution in [2.24, 2.45) is 5.73 Å². The summed E-state index contributed by atoms with van der Waals surface area (Å²) in [5.41, 5.74) is 5.96. The van der Waals surface area contributed by atoms with Gasteiger partial charge in [0.15, 0.2) is 0 Å². The molecule has 0 aliphatic rings. The van der Waals surface area contributed by atoms with E-state index in [1.54, 1.807) is 31.3 Å². The van der Waals surface area contributed by atoms with Crippen LogP contribution in [0.3, 0.4) is 0 Å². The van der Waals surface area contributed by atoms with E-state index in [1.165, 1.54) is 17.5 Å². The Hall–Kier alpha value is -1.44. The van der Waals surface area contributed by atoms with E-state index in [0.717, 1.165) is 9.75 Å². The standard InChI is InChI=1S/C11H13N3O2S2/c1-8-11(5-10(6-12)17-8)18(15,16)14-9-3-2-4-13-7-9/h2-5,7,14H,6,12H2,1H3. The van der Waals surface area contributed by atoms with Crippen LogP contribution in [0.4, 0.5) is 5.69 Å². The highest BCUT2D eigenvalue weighted by atomic mass is 32.2. The molecular weight excluding hydrogens is 270 g/mol. The van der Waals surface area contributed by atoms with Gasteiger partial charge in [-0.2, -0.15) is 0 Å². The van der Waals surface area contributed by atoms with E-state index in [0.29, 0.717) is 12.2 Å². The first-order valence-electron chi connectivity index (χ1n) is 5.25. The fourth-order valence-corrected chi connectivity index (χ4v) is 4.08. The predicted molar refractivity (Wildman–Crippen MR) is 72.0 cm³/mol. The Labute approximate surface area is 110 Å². The van der Waals surface area contributed by atoms with Gasteiger partial charge in [0.1, 0.15) is 4.90 Å². The van der Waals surface area contributed by atoms with Crippen LogP contribution in [0.25, 0.3) is 0 Å². The minimum Gasteiger partial charge on any atom is -0.326 e. The van der Waals surface area contributed by atoms with Crippen molar-refractivity contribution in [2.75, 3.05) is 4.72 Å². The fourth-order valence-electron chi connectivity index (χ4n) is 1.52. The lowest BCUT2D eigenvalue weighted by molar-refractivity contribution is 0.601. The molecule has 18 heavy (non-hydrogen) atoms. The number of thiophene rings is 1. The van der Waals surface area contributed by atoms with Gasteiger partial charge in [-0.3, -0.25) is 9.71 Å². The van der Waals surface area contributed by atoms with Gasteiger partial charge in [0, 0.05) is 22.5 Å². The zero-order valence-corrected chi connectivity index (χ0v) is 11.4. The first-order chi connectivity index (χ1) is 8.53. The van der Waals surface area contributed by atoms with Crippen LogP contribution in [0, 0.1) is 6.92 Å². The summed E-state index contributed by atoms with van der Waals surface area (Å²) in [6, 6.07) is 4.93. The van der Waals surface area contributed by atoms with Crippen molar-refractivity contribution in [1.29, 1.82) is 0 Å². The number of nitrogens with zero attached hydrogens (tertiary/aromatic N) is 1. The van der Waals surface area contributed by atoms with Gasteiger partial charge in [0.05, 0.1) is 11.9 Å². The fraction of sp³-hybridized carbons (Fsp3) is 0.182. The molecule has 0 aliphatic carbocycles. The minimum atomic E-state index is -3.57. The van der Waals surface area contributed by atoms with Gasteiger partial charge in [0.2, 0.25) is 0 Å². The molecule has 0 aromatic carbocycles. The molecule has 5 nitrogen and oxygen atoms in total. The van der Waals surface area contributed by atoms with Crippen LogP contribution in [0.1, 0.15) is 9.75 Å². The zero-order valence-electron chi connectivity index (χ0n) is 9.75. The largest absolute Gasteiger partial charge is 0.326 e. The van der Waals surface area contributed by atoms with Crippen LogP contribution in [-0.2, 0) is 16.6 Å². The average Bonchev–Trinajstić information content (AvgIpc) is 2.72. The van der Waals surface area contributed by atoms with Crippen LogP contribution in [-0.4, -0.2) is 13.4 Å². The summed E-state index contributed by atoms with van der Waals surface area (Å²) >= 11 is 1.39. The molecule has 2 heterocycles. The van der Waals surface area contributed by atoms with Crippen LogP contribution < -0.4 is 10.5 Å². The van der Waals surface area contributed by atoms with Crippen molar-refractivity contribution >= 4 is 27.0 Å². The molecule has 0 saturated heterocycles. The highest BCUT2D eigenvalue weighted by Crippen LogP contribution is 2.26. The highest BCUT2D eigenvalue weighted by molar-refractivity contribution is 7.93. The van der Waals surface area contributed by atoms with Crippen LogP contribution in [0.2, 0.25) is 0 Å². The lowest BCUT2D eigenvalue weighted by Crippen LogP contribution is -2.13. The normalized spacial score (nSPS) is 11.4. The van der Waals surface area contributed by atoms with Gasteiger partial charge in [-0.05, 0) is 25.1 Å². The number of aromatic nitrogens is 1. The number of rotatable bonds is 4. The van der Waals surface area contributed by atoms with Gasteiger partial charge in [0.25, 0.3) is 10.0 Å². The Kier molecular flexibility index (Phi) is 3.65. The molecule has 0 bridgehead atoms. The minimum absolute atomic E-state index is 0.275. The summed E-state index contributed by atoms with van der Waals surface area (Å²) in [5.74, 6) is 0. The summed E-state index contributed by atoms with van der Waals surface area (Å²) in [7, 11) is -3.57. The maximum absolute atomic E-state index is 12.2. The number of hydrogen-bond donors (Lipinski definition) is 2. The average molecular weight is 283 g/mol. The molecule has 0 amide bonds. The van der Waals surface area contributed by atoms with E-state index < -0.39 is 10.0 Å². The summed E-state index contributed by atoms with van der Waals surface area (Å²) in [5, 5.41) is 0. The Morgan fingerprint density at radius 2 is 2.28 bits per heavy atom. The Bertz CT molecular complexity index is 636. The van der Waals surface area contributed by atoms with Crippen molar-refractivity contribution in [3.8, 4) is 0 Å². The van der Waals surface area contributed by atoms with E-state index in [9.17, 15) is 8.42 Å². The molecule has 2 aromatic heterocycles. The van der Waals surface area contributed by atoms with E-state index in [4.69, 9.17) is 5.73 Å². The van der Waals surface area contributed by atoms with E-state index in [1.807, 2.05) is 0 Å². The number of aryl methyl sites for hydroxylation is 1. The molecule has 0 spiro atoms. The topological polar surface area (TPSA) is 85.1 Å². The third-order valence-electron chi connectivity index (χ3n) is 2.33. The number of sulfonamides is 1. The number of pyridine rings is 1. The third kappa shape index (κ3) is 2.69. The molecule has 3 N–H and O–H groups in total. The molecular formula is C11H13N3O2S2.